The Labute approximate surface area is 136 Å². The van der Waals surface area contributed by atoms with E-state index in [9.17, 15) is 9.59 Å². The first-order valence-electron chi connectivity index (χ1n) is 7.35. The molecule has 0 aliphatic rings. The molecule has 0 aliphatic heterocycles. The second-order valence-electron chi connectivity index (χ2n) is 5.47. The van der Waals surface area contributed by atoms with Crippen molar-refractivity contribution in [3.63, 3.8) is 0 Å². The van der Waals surface area contributed by atoms with Crippen molar-refractivity contribution in [1.82, 2.24) is 4.90 Å². The molecule has 0 amide bonds. The number of fused-ring (bicyclic) bond motifs is 1. The molecular weight excluding hydrogens is 345 g/mol. The van der Waals surface area contributed by atoms with E-state index in [0.29, 0.717) is 19.4 Å². The van der Waals surface area contributed by atoms with Crippen molar-refractivity contribution in [2.45, 2.75) is 19.8 Å². The molecule has 0 saturated heterocycles. The van der Waals surface area contributed by atoms with Gasteiger partial charge in [0.25, 0.3) is 0 Å². The van der Waals surface area contributed by atoms with Crippen LogP contribution in [0.15, 0.2) is 24.3 Å². The summed E-state index contributed by atoms with van der Waals surface area (Å²) in [6, 6.07) is 7.96. The summed E-state index contributed by atoms with van der Waals surface area (Å²) in [7, 11) is 3.93. The van der Waals surface area contributed by atoms with Crippen LogP contribution in [0.4, 0.5) is 0 Å². The van der Waals surface area contributed by atoms with Crippen LogP contribution in [0.3, 0.4) is 0 Å². The first-order valence-corrected chi connectivity index (χ1v) is 9.07. The second kappa shape index (κ2) is 7.72. The molecule has 0 bridgehead atoms. The molecule has 0 spiro atoms. The summed E-state index contributed by atoms with van der Waals surface area (Å²) < 4.78 is 6.99. The van der Waals surface area contributed by atoms with Crippen molar-refractivity contribution in [3.05, 3.63) is 34.3 Å². The fourth-order valence-electron chi connectivity index (χ4n) is 2.17. The molecule has 1 aromatic heterocycles. The zero-order chi connectivity index (χ0) is 16.1. The Kier molecular flexibility index (Phi) is 5.95. The van der Waals surface area contributed by atoms with Gasteiger partial charge in [0.2, 0.25) is 0 Å². The van der Waals surface area contributed by atoms with E-state index in [0.717, 1.165) is 21.9 Å². The predicted molar refractivity (Wildman–Crippen MR) is 88.7 cm³/mol. The Balaban J connectivity index is 2.10. The molecule has 0 atom stereocenters. The molecule has 0 N–H and O–H groups in total. The summed E-state index contributed by atoms with van der Waals surface area (Å²) in [6.45, 7) is 2.99. The molecule has 118 valence electrons. The third-order valence-corrected chi connectivity index (χ3v) is 5.60. The standard InChI is InChI=1S/C17H21NO3Se/c1-4-21-17(20)16-11-13-9-12(5-6-15(13)22-16)10-14(19)7-8-18(2)3/h5-6,9,11H,4,7-8,10H2,1-3H3. The molecule has 2 aromatic rings. The van der Waals surface area contributed by atoms with Gasteiger partial charge in [0.15, 0.2) is 0 Å². The van der Waals surface area contributed by atoms with Crippen molar-refractivity contribution < 1.29 is 14.3 Å². The number of ether oxygens (including phenoxy) is 1. The second-order valence-corrected chi connectivity index (χ2v) is 7.75. The predicted octanol–water partition coefficient (Wildman–Crippen LogP) is 2.14. The molecule has 0 aliphatic carbocycles. The topological polar surface area (TPSA) is 46.6 Å². The van der Waals surface area contributed by atoms with Gasteiger partial charge in [-0.3, -0.25) is 0 Å². The Hall–Kier alpha value is -1.42. The number of rotatable bonds is 7. The summed E-state index contributed by atoms with van der Waals surface area (Å²) in [5.41, 5.74) is 1.01. The van der Waals surface area contributed by atoms with Gasteiger partial charge in [-0.05, 0) is 0 Å². The van der Waals surface area contributed by atoms with E-state index in [-0.39, 0.29) is 26.3 Å². The van der Waals surface area contributed by atoms with Gasteiger partial charge in [-0.15, -0.1) is 0 Å². The van der Waals surface area contributed by atoms with Crippen molar-refractivity contribution in [2.24, 2.45) is 0 Å². The van der Waals surface area contributed by atoms with Gasteiger partial charge in [0.1, 0.15) is 0 Å². The molecule has 2 rings (SSSR count). The van der Waals surface area contributed by atoms with Crippen LogP contribution in [-0.2, 0) is 16.0 Å². The van der Waals surface area contributed by atoms with Crippen molar-refractivity contribution in [2.75, 3.05) is 27.2 Å². The van der Waals surface area contributed by atoms with Crippen LogP contribution >= 0.6 is 0 Å². The number of carbonyl (C=O) groups excluding carboxylic acids is 2. The minimum atomic E-state index is -0.220. The third kappa shape index (κ3) is 4.54. The minimum absolute atomic E-state index is 0.00898. The van der Waals surface area contributed by atoms with Crippen LogP contribution < -0.4 is 0 Å². The van der Waals surface area contributed by atoms with Gasteiger partial charge in [-0.2, -0.15) is 0 Å². The summed E-state index contributed by atoms with van der Waals surface area (Å²) in [5, 5.41) is 1.06. The average molecular weight is 366 g/mol. The first-order chi connectivity index (χ1) is 10.5. The quantitative estimate of drug-likeness (QED) is 0.557. The summed E-state index contributed by atoms with van der Waals surface area (Å²) in [4.78, 5) is 25.8. The van der Waals surface area contributed by atoms with Crippen molar-refractivity contribution in [1.29, 1.82) is 0 Å². The number of nitrogens with zero attached hydrogens (tertiary/aromatic N) is 1. The van der Waals surface area contributed by atoms with Gasteiger partial charge >= 0.3 is 136 Å². The SMILES string of the molecule is CCOC(=O)c1cc2cc(CC(=O)CCN(C)C)ccc2[se]1. The number of hydrogen-bond donors (Lipinski definition) is 0. The molecule has 0 radical (unpaired) electrons. The zero-order valence-electron chi connectivity index (χ0n) is 13.2. The molecular formula is C17H21NO3Se. The van der Waals surface area contributed by atoms with Gasteiger partial charge in [0, 0.05) is 0 Å². The first kappa shape index (κ1) is 16.9. The van der Waals surface area contributed by atoms with Gasteiger partial charge < -0.3 is 0 Å². The Morgan fingerprint density at radius 1 is 1.23 bits per heavy atom. The average Bonchev–Trinajstić information content (AvgIpc) is 2.88. The van der Waals surface area contributed by atoms with Gasteiger partial charge in [0.05, 0.1) is 0 Å². The molecule has 5 heteroatoms. The van der Waals surface area contributed by atoms with Crippen LogP contribution in [0.2, 0.25) is 0 Å². The van der Waals surface area contributed by atoms with Gasteiger partial charge in [-0.25, -0.2) is 0 Å². The van der Waals surface area contributed by atoms with Crippen molar-refractivity contribution in [3.8, 4) is 0 Å². The summed E-state index contributed by atoms with van der Waals surface area (Å²) in [5.74, 6) is 0.0223. The fraction of sp³-hybridized carbons (Fsp3) is 0.412. The van der Waals surface area contributed by atoms with Gasteiger partial charge in [-0.1, -0.05) is 0 Å². The monoisotopic (exact) mass is 367 g/mol. The molecule has 4 nitrogen and oxygen atoms in total. The molecule has 0 unspecified atom stereocenters. The number of hydrogen-bond acceptors (Lipinski definition) is 4. The van der Waals surface area contributed by atoms with Crippen LogP contribution in [-0.4, -0.2) is 58.4 Å². The zero-order valence-corrected chi connectivity index (χ0v) is 14.9. The van der Waals surface area contributed by atoms with E-state index < -0.39 is 0 Å². The Bertz CT molecular complexity index is 676. The van der Waals surface area contributed by atoms with Crippen LogP contribution in [0.1, 0.15) is 28.1 Å². The summed E-state index contributed by atoms with van der Waals surface area (Å²) >= 11 is 0.00898. The fourth-order valence-corrected chi connectivity index (χ4v) is 4.14. The Morgan fingerprint density at radius 3 is 2.68 bits per heavy atom. The number of benzene rings is 1. The van der Waals surface area contributed by atoms with Crippen LogP contribution in [0, 0.1) is 0 Å². The number of carbonyl (C=O) groups is 2. The third-order valence-electron chi connectivity index (χ3n) is 3.30. The van der Waals surface area contributed by atoms with Crippen molar-refractivity contribution >= 4 is 35.9 Å². The normalized spacial score (nSPS) is 11.1. The number of Topliss-reactive ketones (excluding diaryl/α,β-unsaturated/α-hetero) is 1. The number of ketones is 1. The molecule has 0 saturated carbocycles. The van der Waals surface area contributed by atoms with E-state index in [4.69, 9.17) is 4.74 Å². The van der Waals surface area contributed by atoms with Crippen LogP contribution in [0.25, 0.3) is 9.65 Å². The van der Waals surface area contributed by atoms with E-state index in [2.05, 4.69) is 0 Å². The van der Waals surface area contributed by atoms with Crippen LogP contribution in [0.5, 0.6) is 0 Å². The molecule has 1 aromatic carbocycles. The molecule has 22 heavy (non-hydrogen) atoms. The van der Waals surface area contributed by atoms with E-state index in [1.165, 1.54) is 4.26 Å². The number of esters is 1. The summed E-state index contributed by atoms with van der Waals surface area (Å²) in [6.07, 6.45) is 1.02. The maximum atomic E-state index is 12.0. The van der Waals surface area contributed by atoms with E-state index >= 15 is 0 Å². The maximum absolute atomic E-state index is 12.0. The Morgan fingerprint density at radius 2 is 2.00 bits per heavy atom. The molecule has 1 heterocycles. The molecule has 0 fully saturated rings. The van der Waals surface area contributed by atoms with E-state index in [1.54, 1.807) is 0 Å². The van der Waals surface area contributed by atoms with E-state index in [1.807, 2.05) is 50.2 Å².